The number of nitrogens with one attached hydrogen (secondary N) is 1. The number of rotatable bonds is 5. The lowest BCUT2D eigenvalue weighted by Crippen LogP contribution is -2.29. The molecule has 1 fully saturated rings. The summed E-state index contributed by atoms with van der Waals surface area (Å²) in [6.07, 6.45) is 5.01. The largest absolute Gasteiger partial charge is 0.477 e. The summed E-state index contributed by atoms with van der Waals surface area (Å²) in [5.41, 5.74) is 0.922. The number of nitrogens with zero attached hydrogens (tertiary/aromatic N) is 2. The molecule has 1 N–H and O–H groups in total. The van der Waals surface area contributed by atoms with Gasteiger partial charge in [-0.05, 0) is 57.7 Å². The molecular weight excluding hydrogens is 214 g/mol. The average Bonchev–Trinajstić information content (AvgIpc) is 2.38. The van der Waals surface area contributed by atoms with E-state index in [2.05, 4.69) is 15.5 Å². The van der Waals surface area contributed by atoms with E-state index in [-0.39, 0.29) is 0 Å². The Morgan fingerprint density at radius 1 is 1.41 bits per heavy atom. The summed E-state index contributed by atoms with van der Waals surface area (Å²) in [6, 6.07) is 3.80. The molecule has 2 rings (SSSR count). The van der Waals surface area contributed by atoms with Crippen molar-refractivity contribution < 1.29 is 4.74 Å². The van der Waals surface area contributed by atoms with Crippen molar-refractivity contribution in [2.45, 2.75) is 32.6 Å². The second kappa shape index (κ2) is 6.55. The van der Waals surface area contributed by atoms with Gasteiger partial charge in [0.15, 0.2) is 0 Å². The van der Waals surface area contributed by atoms with Gasteiger partial charge in [-0.2, -0.15) is 5.10 Å². The van der Waals surface area contributed by atoms with Crippen LogP contribution in [0, 0.1) is 12.8 Å². The summed E-state index contributed by atoms with van der Waals surface area (Å²) in [7, 11) is 0. The van der Waals surface area contributed by atoms with Crippen LogP contribution in [0.2, 0.25) is 0 Å². The van der Waals surface area contributed by atoms with E-state index in [1.165, 1.54) is 32.4 Å². The molecule has 0 radical (unpaired) electrons. The number of aryl methyl sites for hydroxylation is 1. The van der Waals surface area contributed by atoms with Gasteiger partial charge in [0.1, 0.15) is 0 Å². The molecule has 17 heavy (non-hydrogen) atoms. The van der Waals surface area contributed by atoms with Crippen molar-refractivity contribution in [3.63, 3.8) is 0 Å². The van der Waals surface area contributed by atoms with Crippen LogP contribution >= 0.6 is 0 Å². The van der Waals surface area contributed by atoms with Crippen molar-refractivity contribution in [2.75, 3.05) is 19.7 Å². The summed E-state index contributed by atoms with van der Waals surface area (Å²) in [4.78, 5) is 0. The Morgan fingerprint density at radius 3 is 3.06 bits per heavy atom. The first-order valence-corrected chi connectivity index (χ1v) is 6.48. The predicted molar refractivity (Wildman–Crippen MR) is 67.1 cm³/mol. The maximum Gasteiger partial charge on any atom is 0.233 e. The van der Waals surface area contributed by atoms with E-state index in [1.807, 2.05) is 19.1 Å². The van der Waals surface area contributed by atoms with Gasteiger partial charge in [-0.3, -0.25) is 0 Å². The van der Waals surface area contributed by atoms with Crippen molar-refractivity contribution >= 4 is 0 Å². The summed E-state index contributed by atoms with van der Waals surface area (Å²) in [5.74, 6) is 1.47. The Bertz CT molecular complexity index is 320. The van der Waals surface area contributed by atoms with Crippen LogP contribution in [-0.2, 0) is 0 Å². The first kappa shape index (κ1) is 12.3. The Balaban J connectivity index is 1.60. The highest BCUT2D eigenvalue weighted by Crippen LogP contribution is 2.16. The third kappa shape index (κ3) is 4.30. The molecule has 0 aliphatic carbocycles. The van der Waals surface area contributed by atoms with Crippen LogP contribution in [0.1, 0.15) is 31.4 Å². The molecule has 94 valence electrons. The molecule has 4 nitrogen and oxygen atoms in total. The smallest absolute Gasteiger partial charge is 0.233 e. The van der Waals surface area contributed by atoms with E-state index < -0.39 is 0 Å². The fraction of sp³-hybridized carbons (Fsp3) is 0.692. The molecule has 0 unspecified atom stereocenters. The zero-order chi connectivity index (χ0) is 11.9. The third-order valence-corrected chi connectivity index (χ3v) is 3.18. The number of hydrogen-bond acceptors (Lipinski definition) is 4. The Labute approximate surface area is 103 Å². The first-order valence-electron chi connectivity index (χ1n) is 6.48. The highest BCUT2D eigenvalue weighted by Gasteiger charge is 2.12. The average molecular weight is 235 g/mol. The molecule has 1 aromatic rings. The van der Waals surface area contributed by atoms with E-state index in [0.29, 0.717) is 5.88 Å². The summed E-state index contributed by atoms with van der Waals surface area (Å²) in [6.45, 7) is 5.03. The lowest BCUT2D eigenvalue weighted by molar-refractivity contribution is 0.266. The second-order valence-corrected chi connectivity index (χ2v) is 4.72. The standard InChI is InChI=1S/C13H21N3O/c1-11-6-7-13(16-15-11)17-9-3-5-12-4-2-8-14-10-12/h6-7,12,14H,2-5,8-10H2,1H3/t12-/m1/s1. The minimum atomic E-state index is 0.636. The van der Waals surface area contributed by atoms with Crippen LogP contribution in [0.5, 0.6) is 5.88 Å². The molecule has 0 bridgehead atoms. The summed E-state index contributed by atoms with van der Waals surface area (Å²) >= 11 is 0. The monoisotopic (exact) mass is 235 g/mol. The van der Waals surface area contributed by atoms with E-state index in [9.17, 15) is 0 Å². The van der Waals surface area contributed by atoms with Crippen molar-refractivity contribution in [3.05, 3.63) is 17.8 Å². The van der Waals surface area contributed by atoms with E-state index in [0.717, 1.165) is 24.6 Å². The third-order valence-electron chi connectivity index (χ3n) is 3.18. The molecule has 1 aliphatic rings. The van der Waals surface area contributed by atoms with Gasteiger partial charge in [-0.1, -0.05) is 0 Å². The van der Waals surface area contributed by atoms with Crippen LogP contribution in [0.3, 0.4) is 0 Å². The van der Waals surface area contributed by atoms with E-state index >= 15 is 0 Å². The van der Waals surface area contributed by atoms with Crippen LogP contribution in [0.4, 0.5) is 0 Å². The molecule has 1 aliphatic heterocycles. The van der Waals surface area contributed by atoms with Crippen molar-refractivity contribution in [1.82, 2.24) is 15.5 Å². The molecule has 2 heterocycles. The second-order valence-electron chi connectivity index (χ2n) is 4.72. The van der Waals surface area contributed by atoms with Gasteiger partial charge in [0.2, 0.25) is 5.88 Å². The number of aromatic nitrogens is 2. The predicted octanol–water partition coefficient (Wildman–Crippen LogP) is 1.94. The molecule has 0 spiro atoms. The molecule has 0 aromatic carbocycles. The molecule has 1 saturated heterocycles. The zero-order valence-electron chi connectivity index (χ0n) is 10.5. The van der Waals surface area contributed by atoms with Gasteiger partial charge in [-0.25, -0.2) is 0 Å². The van der Waals surface area contributed by atoms with Crippen LogP contribution in [0.25, 0.3) is 0 Å². The fourth-order valence-corrected chi connectivity index (χ4v) is 2.18. The number of hydrogen-bond donors (Lipinski definition) is 1. The van der Waals surface area contributed by atoms with Gasteiger partial charge in [-0.15, -0.1) is 5.10 Å². The number of piperidine rings is 1. The maximum absolute atomic E-state index is 5.56. The lowest BCUT2D eigenvalue weighted by atomic mass is 9.95. The fourth-order valence-electron chi connectivity index (χ4n) is 2.18. The molecule has 0 amide bonds. The van der Waals surface area contributed by atoms with E-state index in [4.69, 9.17) is 4.74 Å². The van der Waals surface area contributed by atoms with Gasteiger partial charge in [0, 0.05) is 6.07 Å². The van der Waals surface area contributed by atoms with Crippen molar-refractivity contribution in [1.29, 1.82) is 0 Å². The van der Waals surface area contributed by atoms with Crippen LogP contribution in [0.15, 0.2) is 12.1 Å². The Hall–Kier alpha value is -1.16. The minimum absolute atomic E-state index is 0.636. The van der Waals surface area contributed by atoms with Crippen LogP contribution in [-0.4, -0.2) is 29.9 Å². The normalized spacial score (nSPS) is 20.2. The molecule has 1 aromatic heterocycles. The van der Waals surface area contributed by atoms with Crippen LogP contribution < -0.4 is 10.1 Å². The summed E-state index contributed by atoms with van der Waals surface area (Å²) < 4.78 is 5.56. The molecule has 0 saturated carbocycles. The SMILES string of the molecule is Cc1ccc(OCCC[C@H]2CCCNC2)nn1. The van der Waals surface area contributed by atoms with Crippen molar-refractivity contribution in [3.8, 4) is 5.88 Å². The molecular formula is C13H21N3O. The topological polar surface area (TPSA) is 47.0 Å². The van der Waals surface area contributed by atoms with E-state index in [1.54, 1.807) is 0 Å². The van der Waals surface area contributed by atoms with Crippen molar-refractivity contribution in [2.24, 2.45) is 5.92 Å². The van der Waals surface area contributed by atoms with Gasteiger partial charge >= 0.3 is 0 Å². The first-order chi connectivity index (χ1) is 8.34. The minimum Gasteiger partial charge on any atom is -0.477 e. The summed E-state index contributed by atoms with van der Waals surface area (Å²) in [5, 5.41) is 11.4. The van der Waals surface area contributed by atoms with Gasteiger partial charge < -0.3 is 10.1 Å². The maximum atomic E-state index is 5.56. The number of ether oxygens (including phenoxy) is 1. The highest BCUT2D eigenvalue weighted by molar-refractivity contribution is 5.09. The zero-order valence-corrected chi connectivity index (χ0v) is 10.5. The molecule has 4 heteroatoms. The Morgan fingerprint density at radius 2 is 2.35 bits per heavy atom. The van der Waals surface area contributed by atoms with Gasteiger partial charge in [0.25, 0.3) is 0 Å². The quantitative estimate of drug-likeness (QED) is 0.792. The highest BCUT2D eigenvalue weighted by atomic mass is 16.5. The Kier molecular flexibility index (Phi) is 4.74. The lowest BCUT2D eigenvalue weighted by Gasteiger charge is -2.22. The van der Waals surface area contributed by atoms with Gasteiger partial charge in [0.05, 0.1) is 12.3 Å². The molecule has 1 atom stereocenters.